The number of nitrogens with one attached hydrogen (secondary N) is 2. The van der Waals surface area contributed by atoms with Crippen molar-refractivity contribution in [2.75, 3.05) is 26.4 Å². The van der Waals surface area contributed by atoms with Crippen LogP contribution in [0.4, 0.5) is 0 Å². The van der Waals surface area contributed by atoms with E-state index in [0.29, 0.717) is 13.2 Å². The second kappa shape index (κ2) is 8.50. The quantitative estimate of drug-likeness (QED) is 0.336. The van der Waals surface area contributed by atoms with Gasteiger partial charge < -0.3 is 20.5 Å². The van der Waals surface area contributed by atoms with Crippen LogP contribution in [0.2, 0.25) is 0 Å². The van der Waals surface area contributed by atoms with Crippen LogP contribution in [0, 0.1) is 11.3 Å². The van der Waals surface area contributed by atoms with Gasteiger partial charge in [-0.05, 0) is 20.8 Å². The van der Waals surface area contributed by atoms with Crippen LogP contribution in [0.15, 0.2) is 11.8 Å². The lowest BCUT2D eigenvalue weighted by molar-refractivity contribution is -0.118. The molecule has 0 fully saturated rings. The number of aliphatic hydroxyl groups is 1. The maximum atomic E-state index is 11.6. The van der Waals surface area contributed by atoms with Gasteiger partial charge in [0.1, 0.15) is 11.6 Å². The average molecular weight is 255 g/mol. The zero-order valence-corrected chi connectivity index (χ0v) is 11.1. The van der Waals surface area contributed by atoms with E-state index in [2.05, 4.69) is 10.6 Å². The van der Waals surface area contributed by atoms with Crippen LogP contribution in [-0.2, 0) is 9.53 Å². The molecule has 0 spiro atoms. The van der Waals surface area contributed by atoms with E-state index >= 15 is 0 Å². The molecule has 6 nitrogen and oxygen atoms in total. The molecule has 0 saturated carbocycles. The van der Waals surface area contributed by atoms with Gasteiger partial charge in [0.25, 0.3) is 5.91 Å². The van der Waals surface area contributed by atoms with Crippen molar-refractivity contribution in [3.05, 3.63) is 11.8 Å². The van der Waals surface area contributed by atoms with Crippen LogP contribution in [0.25, 0.3) is 0 Å². The van der Waals surface area contributed by atoms with Crippen molar-refractivity contribution in [2.45, 2.75) is 26.3 Å². The van der Waals surface area contributed by atoms with E-state index in [4.69, 9.17) is 15.1 Å². The summed E-state index contributed by atoms with van der Waals surface area (Å²) in [6.45, 7) is 6.65. The van der Waals surface area contributed by atoms with Gasteiger partial charge in [0.2, 0.25) is 0 Å². The maximum Gasteiger partial charge on any atom is 0.263 e. The molecule has 0 aromatic rings. The molecule has 6 heteroatoms. The summed E-state index contributed by atoms with van der Waals surface area (Å²) >= 11 is 0. The summed E-state index contributed by atoms with van der Waals surface area (Å²) in [5, 5.41) is 22.8. The molecule has 0 aromatic heterocycles. The third-order valence-electron chi connectivity index (χ3n) is 1.73. The lowest BCUT2D eigenvalue weighted by atomic mass is 10.1. The Kier molecular flexibility index (Phi) is 7.76. The first kappa shape index (κ1) is 16.4. The number of nitriles is 1. The fraction of sp³-hybridized carbons (Fsp3) is 0.667. The van der Waals surface area contributed by atoms with Gasteiger partial charge in [-0.1, -0.05) is 0 Å². The highest BCUT2D eigenvalue weighted by atomic mass is 16.5. The topological polar surface area (TPSA) is 94.4 Å². The molecule has 0 saturated heterocycles. The molecule has 0 bridgehead atoms. The number of hydrogen-bond acceptors (Lipinski definition) is 5. The SMILES string of the molecule is CC(C)(C)NC(=O)/C(C#N)=C\NCCOCCO. The molecule has 0 aliphatic carbocycles. The monoisotopic (exact) mass is 255 g/mol. The molecule has 0 aliphatic rings. The Morgan fingerprint density at radius 2 is 2.11 bits per heavy atom. The van der Waals surface area contributed by atoms with Gasteiger partial charge >= 0.3 is 0 Å². The van der Waals surface area contributed by atoms with Gasteiger partial charge in [-0.3, -0.25) is 4.79 Å². The number of hydrogen-bond donors (Lipinski definition) is 3. The Bertz CT molecular complexity index is 326. The van der Waals surface area contributed by atoms with E-state index < -0.39 is 5.91 Å². The predicted octanol–water partition coefficient (Wildman–Crippen LogP) is -0.0929. The van der Waals surface area contributed by atoms with Gasteiger partial charge in [0.15, 0.2) is 0 Å². The molecule has 102 valence electrons. The molecule has 0 unspecified atom stereocenters. The molecule has 0 aliphatic heterocycles. The van der Waals surface area contributed by atoms with Crippen molar-refractivity contribution < 1.29 is 14.6 Å². The number of ether oxygens (including phenoxy) is 1. The van der Waals surface area contributed by atoms with Gasteiger partial charge in [-0.2, -0.15) is 5.26 Å². The lowest BCUT2D eigenvalue weighted by Crippen LogP contribution is -2.41. The standard InChI is InChI=1S/C12H21N3O3/c1-12(2,3)15-11(17)10(8-13)9-14-4-6-18-7-5-16/h9,14,16H,4-7H2,1-3H3,(H,15,17)/b10-9-. The molecule has 0 aromatic carbocycles. The number of nitrogens with zero attached hydrogens (tertiary/aromatic N) is 1. The summed E-state index contributed by atoms with van der Waals surface area (Å²) < 4.78 is 5.01. The minimum absolute atomic E-state index is 0.0204. The molecule has 1 amide bonds. The van der Waals surface area contributed by atoms with Crippen LogP contribution < -0.4 is 10.6 Å². The zero-order valence-electron chi connectivity index (χ0n) is 11.1. The largest absolute Gasteiger partial charge is 0.394 e. The highest BCUT2D eigenvalue weighted by molar-refractivity contribution is 5.97. The fourth-order valence-corrected chi connectivity index (χ4v) is 1.03. The van der Waals surface area contributed by atoms with Crippen molar-refractivity contribution in [3.63, 3.8) is 0 Å². The van der Waals surface area contributed by atoms with E-state index in [-0.39, 0.29) is 24.3 Å². The minimum atomic E-state index is -0.409. The summed E-state index contributed by atoms with van der Waals surface area (Å²) in [6.07, 6.45) is 1.36. The van der Waals surface area contributed by atoms with E-state index in [1.165, 1.54) is 6.20 Å². The summed E-state index contributed by atoms with van der Waals surface area (Å²) in [5.41, 5.74) is -0.357. The second-order valence-electron chi connectivity index (χ2n) is 4.66. The van der Waals surface area contributed by atoms with Crippen LogP contribution in [-0.4, -0.2) is 42.9 Å². The highest BCUT2D eigenvalue weighted by Gasteiger charge is 2.16. The Labute approximate surface area is 108 Å². The molecule has 0 rings (SSSR count). The van der Waals surface area contributed by atoms with Crippen molar-refractivity contribution >= 4 is 5.91 Å². The number of rotatable bonds is 7. The third kappa shape index (κ3) is 8.56. The van der Waals surface area contributed by atoms with Crippen LogP contribution in [0.1, 0.15) is 20.8 Å². The van der Waals surface area contributed by atoms with E-state index in [9.17, 15) is 4.79 Å². The number of carbonyl (C=O) groups excluding carboxylic acids is 1. The van der Waals surface area contributed by atoms with Crippen LogP contribution in [0.3, 0.4) is 0 Å². The first-order valence-corrected chi connectivity index (χ1v) is 5.75. The molecule has 0 heterocycles. The molecule has 0 radical (unpaired) electrons. The summed E-state index contributed by atoms with van der Waals surface area (Å²) in [6, 6.07) is 1.83. The first-order valence-electron chi connectivity index (χ1n) is 5.75. The number of amides is 1. The minimum Gasteiger partial charge on any atom is -0.394 e. The van der Waals surface area contributed by atoms with Crippen molar-refractivity contribution in [3.8, 4) is 6.07 Å². The van der Waals surface area contributed by atoms with Gasteiger partial charge in [0, 0.05) is 18.3 Å². The van der Waals surface area contributed by atoms with Gasteiger partial charge in [-0.25, -0.2) is 0 Å². The normalized spacial score (nSPS) is 11.8. The third-order valence-corrected chi connectivity index (χ3v) is 1.73. The number of aliphatic hydroxyl groups excluding tert-OH is 1. The van der Waals surface area contributed by atoms with Crippen LogP contribution in [0.5, 0.6) is 0 Å². The second-order valence-corrected chi connectivity index (χ2v) is 4.66. The predicted molar refractivity (Wildman–Crippen MR) is 67.5 cm³/mol. The zero-order chi connectivity index (χ0) is 14.0. The molecular formula is C12H21N3O3. The van der Waals surface area contributed by atoms with Gasteiger partial charge in [0.05, 0.1) is 19.8 Å². The molecule has 3 N–H and O–H groups in total. The summed E-state index contributed by atoms with van der Waals surface area (Å²) in [4.78, 5) is 11.6. The van der Waals surface area contributed by atoms with Crippen molar-refractivity contribution in [1.82, 2.24) is 10.6 Å². The van der Waals surface area contributed by atoms with E-state index in [0.717, 1.165) is 0 Å². The molecular weight excluding hydrogens is 234 g/mol. The van der Waals surface area contributed by atoms with E-state index in [1.807, 2.05) is 26.8 Å². The smallest absolute Gasteiger partial charge is 0.263 e. The Morgan fingerprint density at radius 3 is 2.61 bits per heavy atom. The number of carbonyl (C=O) groups is 1. The Balaban J connectivity index is 4.09. The lowest BCUT2D eigenvalue weighted by Gasteiger charge is -2.20. The maximum absolute atomic E-state index is 11.6. The van der Waals surface area contributed by atoms with Crippen molar-refractivity contribution in [2.24, 2.45) is 0 Å². The average Bonchev–Trinajstić information content (AvgIpc) is 2.25. The fourth-order valence-electron chi connectivity index (χ4n) is 1.03. The van der Waals surface area contributed by atoms with E-state index in [1.54, 1.807) is 0 Å². The summed E-state index contributed by atoms with van der Waals surface area (Å²) in [7, 11) is 0. The highest BCUT2D eigenvalue weighted by Crippen LogP contribution is 2.01. The molecule has 0 atom stereocenters. The van der Waals surface area contributed by atoms with Gasteiger partial charge in [-0.15, -0.1) is 0 Å². The van der Waals surface area contributed by atoms with Crippen molar-refractivity contribution in [1.29, 1.82) is 5.26 Å². The Hall–Kier alpha value is -1.58. The molecule has 18 heavy (non-hydrogen) atoms. The first-order chi connectivity index (χ1) is 8.40. The summed E-state index contributed by atoms with van der Waals surface area (Å²) in [5.74, 6) is -0.409. The van der Waals surface area contributed by atoms with Crippen LogP contribution >= 0.6 is 0 Å². The Morgan fingerprint density at radius 1 is 1.44 bits per heavy atom.